The summed E-state index contributed by atoms with van der Waals surface area (Å²) < 4.78 is 20.5. The maximum absolute atomic E-state index is 13.5. The van der Waals surface area contributed by atoms with Crippen LogP contribution >= 0.6 is 0 Å². The van der Waals surface area contributed by atoms with Gasteiger partial charge in [0.05, 0.1) is 12.0 Å². The summed E-state index contributed by atoms with van der Waals surface area (Å²) in [5, 5.41) is 8.87. The minimum Gasteiger partial charge on any atom is -0.467 e. The summed E-state index contributed by atoms with van der Waals surface area (Å²) in [6.45, 7) is 0.0821. The lowest BCUT2D eigenvalue weighted by Crippen LogP contribution is -2.39. The van der Waals surface area contributed by atoms with Crippen LogP contribution < -0.4 is 10.6 Å². The summed E-state index contributed by atoms with van der Waals surface area (Å²) in [6.07, 6.45) is 4.83. The molecule has 2 N–H and O–H groups in total. The largest absolute Gasteiger partial charge is 0.467 e. The van der Waals surface area contributed by atoms with E-state index in [1.165, 1.54) is 24.5 Å². The number of hydrogen-bond donors (Lipinski definition) is 2. The van der Waals surface area contributed by atoms with Crippen LogP contribution in [0.1, 0.15) is 11.8 Å². The molecule has 0 aliphatic heterocycles. The second kappa shape index (κ2) is 7.43. The molecule has 1 aromatic carbocycles. The van der Waals surface area contributed by atoms with Crippen LogP contribution in [-0.4, -0.2) is 28.1 Å². The maximum atomic E-state index is 13.5. The maximum Gasteiger partial charge on any atom is 0.313 e. The summed E-state index contributed by atoms with van der Waals surface area (Å²) in [6, 6.07) is 10.4. The zero-order chi connectivity index (χ0) is 17.6. The standard InChI is InChI=1S/C17H15FN4O3/c18-12-5-1-2-6-13(12)21-17(24)16(23)19-11-14(15-7-3-10-25-15)22-9-4-8-20-22/h1-10,14H,11H2,(H,19,23)(H,21,24). The van der Waals surface area contributed by atoms with Crippen molar-refractivity contribution >= 4 is 17.5 Å². The molecule has 0 bridgehead atoms. The number of halogens is 1. The molecule has 0 fully saturated rings. The molecule has 1 atom stereocenters. The average Bonchev–Trinajstić information content (AvgIpc) is 3.31. The Morgan fingerprint density at radius 2 is 2.00 bits per heavy atom. The fourth-order valence-electron chi connectivity index (χ4n) is 2.28. The second-order valence-electron chi connectivity index (χ2n) is 5.16. The molecular weight excluding hydrogens is 327 g/mol. The van der Waals surface area contributed by atoms with Gasteiger partial charge < -0.3 is 15.1 Å². The topological polar surface area (TPSA) is 89.2 Å². The van der Waals surface area contributed by atoms with E-state index in [-0.39, 0.29) is 12.2 Å². The monoisotopic (exact) mass is 342 g/mol. The molecule has 0 radical (unpaired) electrons. The molecule has 25 heavy (non-hydrogen) atoms. The molecule has 3 rings (SSSR count). The predicted octanol–water partition coefficient (Wildman–Crippen LogP) is 1.96. The number of nitrogens with zero attached hydrogens (tertiary/aromatic N) is 2. The van der Waals surface area contributed by atoms with Gasteiger partial charge in [0.2, 0.25) is 0 Å². The third-order valence-electron chi connectivity index (χ3n) is 3.50. The number of furan rings is 1. The van der Waals surface area contributed by atoms with Gasteiger partial charge in [0.15, 0.2) is 0 Å². The van der Waals surface area contributed by atoms with Crippen LogP contribution in [0.15, 0.2) is 65.5 Å². The van der Waals surface area contributed by atoms with Crippen LogP contribution in [0.5, 0.6) is 0 Å². The Hall–Kier alpha value is -3.42. The van der Waals surface area contributed by atoms with Gasteiger partial charge in [-0.1, -0.05) is 12.1 Å². The zero-order valence-electron chi connectivity index (χ0n) is 13.1. The average molecular weight is 342 g/mol. The van der Waals surface area contributed by atoms with E-state index in [2.05, 4.69) is 15.7 Å². The molecule has 0 aliphatic rings. The van der Waals surface area contributed by atoms with Crippen LogP contribution in [-0.2, 0) is 9.59 Å². The van der Waals surface area contributed by atoms with E-state index in [4.69, 9.17) is 4.42 Å². The van der Waals surface area contributed by atoms with E-state index in [0.29, 0.717) is 5.76 Å². The van der Waals surface area contributed by atoms with Crippen LogP contribution in [0.4, 0.5) is 10.1 Å². The molecule has 3 aromatic rings. The molecule has 2 aromatic heterocycles. The fraction of sp³-hybridized carbons (Fsp3) is 0.118. The van der Waals surface area contributed by atoms with Crippen LogP contribution in [0.25, 0.3) is 0 Å². The molecular formula is C17H15FN4O3. The smallest absolute Gasteiger partial charge is 0.313 e. The number of carbonyl (C=O) groups excluding carboxylic acids is 2. The highest BCUT2D eigenvalue weighted by atomic mass is 19.1. The Balaban J connectivity index is 1.64. The van der Waals surface area contributed by atoms with Crippen molar-refractivity contribution in [3.63, 3.8) is 0 Å². The normalized spacial score (nSPS) is 11.7. The number of benzene rings is 1. The Kier molecular flexibility index (Phi) is 4.89. The van der Waals surface area contributed by atoms with Gasteiger partial charge in [0.1, 0.15) is 17.6 Å². The lowest BCUT2D eigenvalue weighted by Gasteiger charge is -2.16. The van der Waals surface area contributed by atoms with Gasteiger partial charge in [-0.15, -0.1) is 0 Å². The number of rotatable bonds is 5. The molecule has 0 aliphatic carbocycles. The highest BCUT2D eigenvalue weighted by Crippen LogP contribution is 2.17. The van der Waals surface area contributed by atoms with E-state index in [1.54, 1.807) is 41.3 Å². The van der Waals surface area contributed by atoms with Crippen molar-refractivity contribution < 1.29 is 18.4 Å². The first kappa shape index (κ1) is 16.4. The van der Waals surface area contributed by atoms with Gasteiger partial charge in [-0.3, -0.25) is 14.3 Å². The summed E-state index contributed by atoms with van der Waals surface area (Å²) in [5.41, 5.74) is -0.0580. The molecule has 2 amide bonds. The molecule has 0 saturated carbocycles. The summed E-state index contributed by atoms with van der Waals surface area (Å²) in [4.78, 5) is 23.9. The Bertz CT molecular complexity index is 812. The Morgan fingerprint density at radius 1 is 1.16 bits per heavy atom. The summed E-state index contributed by atoms with van der Waals surface area (Å²) in [7, 11) is 0. The molecule has 0 spiro atoms. The number of hydrogen-bond acceptors (Lipinski definition) is 4. The quantitative estimate of drug-likeness (QED) is 0.694. The number of aromatic nitrogens is 2. The third-order valence-corrected chi connectivity index (χ3v) is 3.50. The minimum absolute atomic E-state index is 0.0580. The third kappa shape index (κ3) is 3.92. The van der Waals surface area contributed by atoms with E-state index >= 15 is 0 Å². The zero-order valence-corrected chi connectivity index (χ0v) is 13.1. The number of amides is 2. The van der Waals surface area contributed by atoms with Crippen LogP contribution in [0.2, 0.25) is 0 Å². The van der Waals surface area contributed by atoms with E-state index in [0.717, 1.165) is 0 Å². The molecule has 2 heterocycles. The van der Waals surface area contributed by atoms with Crippen LogP contribution in [0, 0.1) is 5.82 Å². The van der Waals surface area contributed by atoms with Gasteiger partial charge >= 0.3 is 11.8 Å². The van der Waals surface area contributed by atoms with Crippen LogP contribution in [0.3, 0.4) is 0 Å². The molecule has 7 nitrogen and oxygen atoms in total. The van der Waals surface area contributed by atoms with Gasteiger partial charge in [-0.25, -0.2) is 4.39 Å². The number of nitrogens with one attached hydrogen (secondary N) is 2. The van der Waals surface area contributed by atoms with Gasteiger partial charge in [0.25, 0.3) is 0 Å². The Morgan fingerprint density at radius 3 is 2.68 bits per heavy atom. The minimum atomic E-state index is -0.955. The van der Waals surface area contributed by atoms with Crippen molar-refractivity contribution in [2.45, 2.75) is 6.04 Å². The van der Waals surface area contributed by atoms with Crippen molar-refractivity contribution in [1.82, 2.24) is 15.1 Å². The van der Waals surface area contributed by atoms with E-state index < -0.39 is 23.7 Å². The predicted molar refractivity (Wildman–Crippen MR) is 87.1 cm³/mol. The first-order valence-corrected chi connectivity index (χ1v) is 7.51. The van der Waals surface area contributed by atoms with Crippen molar-refractivity contribution in [2.75, 3.05) is 11.9 Å². The number of anilines is 1. The van der Waals surface area contributed by atoms with E-state index in [9.17, 15) is 14.0 Å². The summed E-state index contributed by atoms with van der Waals surface area (Å²) in [5.74, 6) is -1.87. The van der Waals surface area contributed by atoms with Crippen molar-refractivity contribution in [3.8, 4) is 0 Å². The highest BCUT2D eigenvalue weighted by molar-refractivity contribution is 6.39. The first-order valence-electron chi connectivity index (χ1n) is 7.51. The number of para-hydroxylation sites is 1. The van der Waals surface area contributed by atoms with Crippen molar-refractivity contribution in [2.24, 2.45) is 0 Å². The molecule has 8 heteroatoms. The van der Waals surface area contributed by atoms with Gasteiger partial charge in [-0.05, 0) is 30.3 Å². The lowest BCUT2D eigenvalue weighted by atomic mass is 10.2. The summed E-state index contributed by atoms with van der Waals surface area (Å²) >= 11 is 0. The fourth-order valence-corrected chi connectivity index (χ4v) is 2.28. The SMILES string of the molecule is O=C(NCC(c1ccco1)n1cccn1)C(=O)Nc1ccccc1F. The molecule has 1 unspecified atom stereocenters. The van der Waals surface area contributed by atoms with Gasteiger partial charge in [0, 0.05) is 18.9 Å². The van der Waals surface area contributed by atoms with E-state index in [1.807, 2.05) is 0 Å². The lowest BCUT2D eigenvalue weighted by molar-refractivity contribution is -0.136. The molecule has 128 valence electrons. The second-order valence-corrected chi connectivity index (χ2v) is 5.16. The first-order chi connectivity index (χ1) is 12.1. The highest BCUT2D eigenvalue weighted by Gasteiger charge is 2.21. The van der Waals surface area contributed by atoms with Crippen molar-refractivity contribution in [1.29, 1.82) is 0 Å². The Labute approximate surface area is 142 Å². The van der Waals surface area contributed by atoms with Crippen molar-refractivity contribution in [3.05, 3.63) is 72.7 Å². The number of carbonyl (C=O) groups is 2. The molecule has 0 saturated heterocycles. The van der Waals surface area contributed by atoms with Gasteiger partial charge in [-0.2, -0.15) is 5.10 Å².